The first-order valence-corrected chi connectivity index (χ1v) is 9.55. The van der Waals surface area contributed by atoms with E-state index in [4.69, 9.17) is 4.74 Å². The Labute approximate surface area is 147 Å². The molecule has 0 bridgehead atoms. The third-order valence-electron chi connectivity index (χ3n) is 3.33. The molecule has 0 saturated carbocycles. The Balaban J connectivity index is 1.77. The van der Waals surface area contributed by atoms with E-state index in [0.29, 0.717) is 11.4 Å². The van der Waals surface area contributed by atoms with Gasteiger partial charge in [0.15, 0.2) is 5.75 Å². The molecule has 0 aliphatic rings. The summed E-state index contributed by atoms with van der Waals surface area (Å²) in [5.74, 6) is 1.46. The van der Waals surface area contributed by atoms with Gasteiger partial charge in [0.1, 0.15) is 5.75 Å². The fourth-order valence-corrected chi connectivity index (χ4v) is 2.83. The molecule has 3 aromatic carbocycles. The molecule has 3 aromatic rings. The Morgan fingerprint density at radius 3 is 2.04 bits per heavy atom. The molecule has 3 rings (SSSR count). The molecule has 6 heteroatoms. The first kappa shape index (κ1) is 16.9. The maximum absolute atomic E-state index is 11.3. The van der Waals surface area contributed by atoms with Crippen LogP contribution in [0.15, 0.2) is 78.9 Å². The molecule has 0 aromatic heterocycles. The van der Waals surface area contributed by atoms with Crippen molar-refractivity contribution in [3.63, 3.8) is 0 Å². The number of sulfonamides is 1. The number of para-hydroxylation sites is 3. The summed E-state index contributed by atoms with van der Waals surface area (Å²) < 4.78 is 30.9. The van der Waals surface area contributed by atoms with Crippen molar-refractivity contribution in [2.45, 2.75) is 0 Å². The summed E-state index contributed by atoms with van der Waals surface area (Å²) in [5.41, 5.74) is 2.15. The van der Waals surface area contributed by atoms with Gasteiger partial charge in [-0.1, -0.05) is 30.3 Å². The van der Waals surface area contributed by atoms with Gasteiger partial charge in [-0.15, -0.1) is 0 Å². The molecule has 0 aliphatic heterocycles. The Kier molecular flexibility index (Phi) is 4.90. The molecule has 5 nitrogen and oxygen atoms in total. The first-order chi connectivity index (χ1) is 12.0. The van der Waals surface area contributed by atoms with E-state index in [9.17, 15) is 8.42 Å². The Morgan fingerprint density at radius 2 is 1.36 bits per heavy atom. The summed E-state index contributed by atoms with van der Waals surface area (Å²) in [7, 11) is -3.28. The van der Waals surface area contributed by atoms with Crippen LogP contribution in [0.2, 0.25) is 0 Å². The number of ether oxygens (including phenoxy) is 1. The Hall–Kier alpha value is -2.99. The summed E-state index contributed by atoms with van der Waals surface area (Å²) in [4.78, 5) is 0. The van der Waals surface area contributed by atoms with Gasteiger partial charge in [0.05, 0.1) is 11.9 Å². The summed E-state index contributed by atoms with van der Waals surface area (Å²) in [6, 6.07) is 24.2. The van der Waals surface area contributed by atoms with Crippen molar-refractivity contribution in [3.05, 3.63) is 78.9 Å². The maximum atomic E-state index is 11.3. The Bertz CT molecular complexity index is 940. The molecular weight excluding hydrogens is 336 g/mol. The fourth-order valence-electron chi connectivity index (χ4n) is 2.27. The van der Waals surface area contributed by atoms with Crippen LogP contribution in [0.4, 0.5) is 17.1 Å². The Morgan fingerprint density at radius 1 is 0.760 bits per heavy atom. The molecule has 25 heavy (non-hydrogen) atoms. The van der Waals surface area contributed by atoms with Crippen LogP contribution in [-0.2, 0) is 10.0 Å². The second-order valence-electron chi connectivity index (χ2n) is 5.49. The lowest BCUT2D eigenvalue weighted by atomic mass is 10.2. The van der Waals surface area contributed by atoms with E-state index >= 15 is 0 Å². The number of nitrogens with one attached hydrogen (secondary N) is 2. The van der Waals surface area contributed by atoms with Gasteiger partial charge >= 0.3 is 0 Å². The van der Waals surface area contributed by atoms with Crippen LogP contribution in [0.5, 0.6) is 11.5 Å². The molecule has 0 amide bonds. The first-order valence-electron chi connectivity index (χ1n) is 7.66. The number of rotatable bonds is 6. The van der Waals surface area contributed by atoms with Gasteiger partial charge in [-0.05, 0) is 48.5 Å². The number of anilines is 3. The SMILES string of the molecule is CS(=O)(=O)Nc1ccc(Nc2ccccc2Oc2ccccc2)cc1. The van der Waals surface area contributed by atoms with Gasteiger partial charge in [-0.2, -0.15) is 0 Å². The molecule has 0 fully saturated rings. The van der Waals surface area contributed by atoms with E-state index in [-0.39, 0.29) is 0 Å². The molecular formula is C19H18N2O3S. The van der Waals surface area contributed by atoms with Crippen molar-refractivity contribution < 1.29 is 13.2 Å². The third-order valence-corrected chi connectivity index (χ3v) is 3.93. The average molecular weight is 354 g/mol. The highest BCUT2D eigenvalue weighted by molar-refractivity contribution is 7.92. The summed E-state index contributed by atoms with van der Waals surface area (Å²) >= 11 is 0. The second-order valence-corrected chi connectivity index (χ2v) is 7.24. The van der Waals surface area contributed by atoms with Crippen molar-refractivity contribution in [3.8, 4) is 11.5 Å². The van der Waals surface area contributed by atoms with Gasteiger partial charge in [-0.25, -0.2) is 8.42 Å². The lowest BCUT2D eigenvalue weighted by Crippen LogP contribution is -2.09. The van der Waals surface area contributed by atoms with Crippen molar-refractivity contribution >= 4 is 27.1 Å². The van der Waals surface area contributed by atoms with Gasteiger partial charge < -0.3 is 10.1 Å². The highest BCUT2D eigenvalue weighted by atomic mass is 32.2. The van der Waals surface area contributed by atoms with Crippen molar-refractivity contribution in [2.24, 2.45) is 0 Å². The minimum Gasteiger partial charge on any atom is -0.455 e. The van der Waals surface area contributed by atoms with Gasteiger partial charge in [-0.3, -0.25) is 4.72 Å². The molecule has 0 saturated heterocycles. The second kappa shape index (κ2) is 7.27. The summed E-state index contributed by atoms with van der Waals surface area (Å²) in [6.07, 6.45) is 1.12. The average Bonchev–Trinajstić information content (AvgIpc) is 2.58. The summed E-state index contributed by atoms with van der Waals surface area (Å²) in [6.45, 7) is 0. The number of benzene rings is 3. The highest BCUT2D eigenvalue weighted by Crippen LogP contribution is 2.31. The lowest BCUT2D eigenvalue weighted by molar-refractivity contribution is 0.485. The smallest absolute Gasteiger partial charge is 0.229 e. The molecule has 0 heterocycles. The zero-order chi connectivity index (χ0) is 17.7. The molecule has 0 radical (unpaired) electrons. The van der Waals surface area contributed by atoms with Gasteiger partial charge in [0, 0.05) is 11.4 Å². The van der Waals surface area contributed by atoms with E-state index in [1.165, 1.54) is 0 Å². The topological polar surface area (TPSA) is 67.4 Å². The molecule has 128 valence electrons. The standard InChI is InChI=1S/C19H18N2O3S/c1-25(22,23)21-16-13-11-15(12-14-16)20-18-9-5-6-10-19(18)24-17-7-3-2-4-8-17/h2-14,20-21H,1H3. The van der Waals surface area contributed by atoms with Crippen molar-refractivity contribution in [2.75, 3.05) is 16.3 Å². The van der Waals surface area contributed by atoms with Crippen LogP contribution in [0.1, 0.15) is 0 Å². The zero-order valence-corrected chi connectivity index (χ0v) is 14.5. The quantitative estimate of drug-likeness (QED) is 0.679. The minimum atomic E-state index is -3.28. The van der Waals surface area contributed by atoms with Gasteiger partial charge in [0.2, 0.25) is 10.0 Å². The maximum Gasteiger partial charge on any atom is 0.229 e. The van der Waals surface area contributed by atoms with Crippen LogP contribution in [-0.4, -0.2) is 14.7 Å². The predicted octanol–water partition coefficient (Wildman–Crippen LogP) is 4.59. The molecule has 0 aliphatic carbocycles. The lowest BCUT2D eigenvalue weighted by Gasteiger charge is -2.13. The van der Waals surface area contributed by atoms with Crippen LogP contribution in [0, 0.1) is 0 Å². The van der Waals surface area contributed by atoms with Crippen LogP contribution in [0.3, 0.4) is 0 Å². The number of hydrogen-bond donors (Lipinski definition) is 2. The fraction of sp³-hybridized carbons (Fsp3) is 0.0526. The van der Waals surface area contributed by atoms with E-state index in [2.05, 4.69) is 10.0 Å². The van der Waals surface area contributed by atoms with Crippen LogP contribution in [0.25, 0.3) is 0 Å². The molecule has 2 N–H and O–H groups in total. The van der Waals surface area contributed by atoms with Crippen molar-refractivity contribution in [1.29, 1.82) is 0 Å². The molecule has 0 atom stereocenters. The normalized spacial score (nSPS) is 10.9. The van der Waals surface area contributed by atoms with E-state index < -0.39 is 10.0 Å². The third kappa shape index (κ3) is 4.99. The van der Waals surface area contributed by atoms with E-state index in [0.717, 1.165) is 23.4 Å². The largest absolute Gasteiger partial charge is 0.455 e. The van der Waals surface area contributed by atoms with Crippen LogP contribution >= 0.6 is 0 Å². The van der Waals surface area contributed by atoms with Crippen LogP contribution < -0.4 is 14.8 Å². The van der Waals surface area contributed by atoms with Gasteiger partial charge in [0.25, 0.3) is 0 Å². The highest BCUT2D eigenvalue weighted by Gasteiger charge is 2.06. The minimum absolute atomic E-state index is 0.516. The predicted molar refractivity (Wildman–Crippen MR) is 101 cm³/mol. The molecule has 0 unspecified atom stereocenters. The summed E-state index contributed by atoms with van der Waals surface area (Å²) in [5, 5.41) is 3.28. The van der Waals surface area contributed by atoms with Crippen molar-refractivity contribution in [1.82, 2.24) is 0 Å². The number of hydrogen-bond acceptors (Lipinski definition) is 4. The zero-order valence-electron chi connectivity index (χ0n) is 13.6. The van der Waals surface area contributed by atoms with E-state index in [1.54, 1.807) is 24.3 Å². The van der Waals surface area contributed by atoms with E-state index in [1.807, 2.05) is 54.6 Å². The monoisotopic (exact) mass is 354 g/mol. The molecule has 0 spiro atoms.